The zero-order valence-electron chi connectivity index (χ0n) is 11.5. The largest absolute Gasteiger partial charge is 0.462 e. The van der Waals surface area contributed by atoms with Crippen LogP contribution < -0.4 is 0 Å². The smallest absolute Gasteiger partial charge is 0.309 e. The van der Waals surface area contributed by atoms with Gasteiger partial charge < -0.3 is 9.84 Å². The number of ketones is 1. The van der Waals surface area contributed by atoms with Crippen LogP contribution in [-0.4, -0.2) is 29.1 Å². The zero-order valence-corrected chi connectivity index (χ0v) is 11.5. The van der Waals surface area contributed by atoms with Crippen LogP contribution in [0.25, 0.3) is 0 Å². The molecule has 0 amide bonds. The van der Waals surface area contributed by atoms with Gasteiger partial charge in [-0.2, -0.15) is 0 Å². The van der Waals surface area contributed by atoms with Crippen LogP contribution >= 0.6 is 0 Å². The third-order valence-electron chi connectivity index (χ3n) is 5.52. The molecule has 0 aromatic carbocycles. The Labute approximate surface area is 112 Å². The highest BCUT2D eigenvalue weighted by Crippen LogP contribution is 2.53. The van der Waals surface area contributed by atoms with E-state index in [1.807, 2.05) is 13.0 Å². The van der Waals surface area contributed by atoms with E-state index < -0.39 is 11.5 Å². The Balaban J connectivity index is 2.06. The van der Waals surface area contributed by atoms with Crippen LogP contribution in [-0.2, 0) is 14.3 Å². The number of carbonyl (C=O) groups is 2. The van der Waals surface area contributed by atoms with Crippen LogP contribution in [0, 0.1) is 29.1 Å². The molecule has 2 aliphatic carbocycles. The second-order valence-electron chi connectivity index (χ2n) is 6.53. The molecule has 0 spiro atoms. The monoisotopic (exact) mass is 264 g/mol. The molecule has 104 valence electrons. The molecule has 1 N–H and O–H groups in total. The molecule has 0 aromatic rings. The lowest BCUT2D eigenvalue weighted by molar-refractivity contribution is -0.144. The molecule has 0 bridgehead atoms. The summed E-state index contributed by atoms with van der Waals surface area (Å²) in [6.45, 7) is 5.69. The van der Waals surface area contributed by atoms with Gasteiger partial charge in [0.2, 0.25) is 0 Å². The Hall–Kier alpha value is -1.16. The van der Waals surface area contributed by atoms with Gasteiger partial charge in [0.15, 0.2) is 5.78 Å². The second-order valence-corrected chi connectivity index (χ2v) is 6.53. The minimum absolute atomic E-state index is 0.0240. The number of hydrogen-bond acceptors (Lipinski definition) is 4. The number of hydrogen-bond donors (Lipinski definition) is 1. The number of aliphatic hydroxyl groups is 1. The van der Waals surface area contributed by atoms with Gasteiger partial charge >= 0.3 is 5.97 Å². The topological polar surface area (TPSA) is 63.6 Å². The lowest BCUT2D eigenvalue weighted by Crippen LogP contribution is -2.47. The molecule has 3 aliphatic rings. The molecular formula is C15H20O4. The molecule has 1 saturated heterocycles. The van der Waals surface area contributed by atoms with Crippen molar-refractivity contribution >= 4 is 11.8 Å². The van der Waals surface area contributed by atoms with E-state index in [0.29, 0.717) is 0 Å². The summed E-state index contributed by atoms with van der Waals surface area (Å²) < 4.78 is 5.41. The Morgan fingerprint density at radius 1 is 1.37 bits per heavy atom. The van der Waals surface area contributed by atoms with E-state index in [1.54, 1.807) is 13.0 Å². The minimum atomic E-state index is -0.823. The van der Waals surface area contributed by atoms with Gasteiger partial charge in [-0.25, -0.2) is 0 Å². The van der Waals surface area contributed by atoms with E-state index >= 15 is 0 Å². The van der Waals surface area contributed by atoms with Gasteiger partial charge in [-0.05, 0) is 31.3 Å². The first kappa shape index (κ1) is 12.9. The zero-order chi connectivity index (χ0) is 13.9. The summed E-state index contributed by atoms with van der Waals surface area (Å²) >= 11 is 0. The molecule has 0 unspecified atom stereocenters. The fraction of sp³-hybridized carbons (Fsp3) is 0.733. The predicted octanol–water partition coefficient (Wildman–Crippen LogP) is 1.33. The van der Waals surface area contributed by atoms with Gasteiger partial charge in [-0.3, -0.25) is 9.59 Å². The number of carbonyl (C=O) groups excluding carboxylic acids is 2. The Bertz CT molecular complexity index is 469. The van der Waals surface area contributed by atoms with E-state index in [4.69, 9.17) is 4.74 Å². The predicted molar refractivity (Wildman–Crippen MR) is 68.1 cm³/mol. The van der Waals surface area contributed by atoms with Crippen LogP contribution in [0.1, 0.15) is 27.2 Å². The second kappa shape index (κ2) is 3.92. The van der Waals surface area contributed by atoms with Crippen LogP contribution in [0.15, 0.2) is 12.2 Å². The number of esters is 1. The molecular weight excluding hydrogens is 244 g/mol. The number of aliphatic hydroxyl groups excluding tert-OH is 1. The normalized spacial score (nSPS) is 52.6. The fourth-order valence-corrected chi connectivity index (χ4v) is 4.27. The lowest BCUT2D eigenvalue weighted by Gasteiger charge is -2.37. The third kappa shape index (κ3) is 1.49. The minimum Gasteiger partial charge on any atom is -0.462 e. The number of ether oxygens (including phenoxy) is 1. The van der Waals surface area contributed by atoms with Crippen molar-refractivity contribution in [1.82, 2.24) is 0 Å². The molecule has 7 atom stereocenters. The highest BCUT2D eigenvalue weighted by molar-refractivity contribution is 5.98. The number of fused-ring (bicyclic) bond motifs is 2. The van der Waals surface area contributed by atoms with Crippen molar-refractivity contribution in [2.45, 2.75) is 39.4 Å². The van der Waals surface area contributed by atoms with Crippen LogP contribution in [0.3, 0.4) is 0 Å². The molecule has 19 heavy (non-hydrogen) atoms. The van der Waals surface area contributed by atoms with Gasteiger partial charge in [0, 0.05) is 5.92 Å². The van der Waals surface area contributed by atoms with E-state index in [0.717, 1.165) is 6.42 Å². The van der Waals surface area contributed by atoms with Crippen LogP contribution in [0.4, 0.5) is 0 Å². The average molecular weight is 264 g/mol. The molecule has 4 nitrogen and oxygen atoms in total. The van der Waals surface area contributed by atoms with Crippen LogP contribution in [0.5, 0.6) is 0 Å². The number of rotatable bonds is 0. The fourth-order valence-electron chi connectivity index (χ4n) is 4.27. The van der Waals surface area contributed by atoms with E-state index in [2.05, 4.69) is 6.92 Å². The molecule has 0 radical (unpaired) electrons. The summed E-state index contributed by atoms with van der Waals surface area (Å²) in [5.41, 5.74) is -0.804. The van der Waals surface area contributed by atoms with Crippen molar-refractivity contribution in [3.8, 4) is 0 Å². The van der Waals surface area contributed by atoms with Gasteiger partial charge in [0.05, 0.1) is 17.4 Å². The van der Waals surface area contributed by atoms with Crippen molar-refractivity contribution < 1.29 is 19.4 Å². The highest BCUT2D eigenvalue weighted by Gasteiger charge is 2.60. The van der Waals surface area contributed by atoms with Gasteiger partial charge in [0.25, 0.3) is 0 Å². The Morgan fingerprint density at radius 3 is 2.74 bits per heavy atom. The molecule has 3 rings (SSSR count). The van der Waals surface area contributed by atoms with Crippen molar-refractivity contribution in [1.29, 1.82) is 0 Å². The summed E-state index contributed by atoms with van der Waals surface area (Å²) in [6.07, 6.45) is 3.15. The Kier molecular flexibility index (Phi) is 2.65. The number of allylic oxidation sites excluding steroid dienone is 2. The summed E-state index contributed by atoms with van der Waals surface area (Å²) in [5.74, 6) is -0.627. The molecule has 1 heterocycles. The molecule has 1 saturated carbocycles. The first-order valence-electron chi connectivity index (χ1n) is 6.98. The summed E-state index contributed by atoms with van der Waals surface area (Å²) in [4.78, 5) is 24.0. The summed E-state index contributed by atoms with van der Waals surface area (Å²) in [7, 11) is 0. The van der Waals surface area contributed by atoms with Gasteiger partial charge in [-0.15, -0.1) is 0 Å². The van der Waals surface area contributed by atoms with Gasteiger partial charge in [0.1, 0.15) is 6.10 Å². The van der Waals surface area contributed by atoms with Gasteiger partial charge in [-0.1, -0.05) is 19.9 Å². The third-order valence-corrected chi connectivity index (χ3v) is 5.52. The summed E-state index contributed by atoms with van der Waals surface area (Å²) in [5, 5.41) is 10.8. The first-order valence-corrected chi connectivity index (χ1v) is 6.98. The first-order chi connectivity index (χ1) is 8.87. The molecule has 2 fully saturated rings. The van der Waals surface area contributed by atoms with E-state index in [9.17, 15) is 14.7 Å². The van der Waals surface area contributed by atoms with Crippen molar-refractivity contribution in [2.75, 3.05) is 0 Å². The lowest BCUT2D eigenvalue weighted by atomic mass is 9.67. The molecule has 1 aliphatic heterocycles. The Morgan fingerprint density at radius 2 is 2.05 bits per heavy atom. The molecule has 0 aromatic heterocycles. The van der Waals surface area contributed by atoms with Crippen LogP contribution in [0.2, 0.25) is 0 Å². The quantitative estimate of drug-likeness (QED) is 0.670. The maximum absolute atomic E-state index is 12.2. The van der Waals surface area contributed by atoms with E-state index in [1.165, 1.54) is 0 Å². The standard InChI is InChI=1S/C15H20O4/c1-7-6-10-12(8(2)14(18)19-10)13(17)15(3)9(7)4-5-11(15)16/h4-5,7-10,12-13,17H,6H2,1-3H3/t7-,8-,9+,10+,12-,13+,15+/m1/s1. The molecule has 4 heteroatoms. The van der Waals surface area contributed by atoms with E-state index in [-0.39, 0.29) is 41.5 Å². The highest BCUT2D eigenvalue weighted by atomic mass is 16.6. The average Bonchev–Trinajstić information content (AvgIpc) is 2.77. The SMILES string of the molecule is C[C@@H]1C[C@@H]2OC(=O)[C@H](C)[C@H]2[C@H](O)[C@]2(C)C(=O)C=C[C@@H]12. The maximum Gasteiger partial charge on any atom is 0.309 e. The van der Waals surface area contributed by atoms with Crippen molar-refractivity contribution in [3.63, 3.8) is 0 Å². The maximum atomic E-state index is 12.2. The van der Waals surface area contributed by atoms with Crippen molar-refractivity contribution in [2.24, 2.45) is 29.1 Å². The summed E-state index contributed by atoms with van der Waals surface area (Å²) in [6, 6.07) is 0. The van der Waals surface area contributed by atoms with Crippen molar-refractivity contribution in [3.05, 3.63) is 12.2 Å².